The van der Waals surface area contributed by atoms with Crippen molar-refractivity contribution in [2.24, 2.45) is 0 Å². The highest BCUT2D eigenvalue weighted by atomic mass is 28.3. The predicted molar refractivity (Wildman–Crippen MR) is 109 cm³/mol. The van der Waals surface area contributed by atoms with Crippen molar-refractivity contribution in [3.63, 3.8) is 0 Å². The Hall–Kier alpha value is -2.47. The SMILES string of the molecule is CC(C)[Si](C)(C)c1cccc(-c2ccccc2-c2c(F)c(F)c(F)c(F)c2F)c1. The molecule has 0 spiro atoms. The van der Waals surface area contributed by atoms with Gasteiger partial charge in [0.1, 0.15) is 0 Å². The zero-order chi connectivity index (χ0) is 21.5. The summed E-state index contributed by atoms with van der Waals surface area (Å²) in [5.41, 5.74) is 0.585. The quantitative estimate of drug-likeness (QED) is 0.184. The Morgan fingerprint density at radius 2 is 1.17 bits per heavy atom. The first-order chi connectivity index (χ1) is 13.6. The summed E-state index contributed by atoms with van der Waals surface area (Å²) < 4.78 is 69.9. The molecule has 0 saturated heterocycles. The summed E-state index contributed by atoms with van der Waals surface area (Å²) in [6.07, 6.45) is 0. The van der Waals surface area contributed by atoms with Crippen molar-refractivity contribution in [2.45, 2.75) is 32.5 Å². The zero-order valence-corrected chi connectivity index (χ0v) is 17.6. The van der Waals surface area contributed by atoms with Crippen molar-refractivity contribution in [3.05, 3.63) is 77.6 Å². The van der Waals surface area contributed by atoms with Crippen LogP contribution in [0, 0.1) is 29.1 Å². The van der Waals surface area contributed by atoms with E-state index in [0.29, 0.717) is 16.7 Å². The fourth-order valence-electron chi connectivity index (χ4n) is 3.22. The van der Waals surface area contributed by atoms with Crippen LogP contribution in [0.15, 0.2) is 48.5 Å². The van der Waals surface area contributed by atoms with Gasteiger partial charge >= 0.3 is 0 Å². The second kappa shape index (κ2) is 7.75. The topological polar surface area (TPSA) is 0 Å². The molecule has 0 atom stereocenters. The maximum atomic E-state index is 14.4. The second-order valence-electron chi connectivity index (χ2n) is 7.95. The average molecular weight is 420 g/mol. The second-order valence-corrected chi connectivity index (χ2v) is 13.1. The van der Waals surface area contributed by atoms with Gasteiger partial charge in [-0.05, 0) is 22.2 Å². The molecule has 6 heteroatoms. The first-order valence-corrected chi connectivity index (χ1v) is 12.4. The molecule has 152 valence electrons. The van der Waals surface area contributed by atoms with Crippen LogP contribution in [0.5, 0.6) is 0 Å². The Kier molecular flexibility index (Phi) is 5.67. The number of halogens is 5. The van der Waals surface area contributed by atoms with E-state index >= 15 is 0 Å². The van der Waals surface area contributed by atoms with Gasteiger partial charge in [0, 0.05) is 0 Å². The lowest BCUT2D eigenvalue weighted by atomic mass is 9.93. The number of benzene rings is 3. The standard InChI is InChI=1S/C23H21F5Si/c1-13(2)29(3,4)15-9-7-8-14(12-15)16-10-5-6-11-17(16)18-19(24)21(26)23(28)22(27)20(18)25/h5-13H,1-4H3. The van der Waals surface area contributed by atoms with E-state index in [2.05, 4.69) is 26.9 Å². The van der Waals surface area contributed by atoms with Crippen molar-refractivity contribution in [2.75, 3.05) is 0 Å². The molecule has 0 unspecified atom stereocenters. The van der Waals surface area contributed by atoms with Crippen molar-refractivity contribution in [1.29, 1.82) is 0 Å². The summed E-state index contributed by atoms with van der Waals surface area (Å²) in [7, 11) is -1.78. The smallest absolute Gasteiger partial charge is 0.200 e. The lowest BCUT2D eigenvalue weighted by molar-refractivity contribution is 0.381. The van der Waals surface area contributed by atoms with Crippen LogP contribution in [0.2, 0.25) is 18.6 Å². The van der Waals surface area contributed by atoms with Gasteiger partial charge < -0.3 is 0 Å². The summed E-state index contributed by atoms with van der Waals surface area (Å²) in [4.78, 5) is 0. The van der Waals surface area contributed by atoms with E-state index in [9.17, 15) is 22.0 Å². The van der Waals surface area contributed by atoms with E-state index in [4.69, 9.17) is 0 Å². The Labute approximate surface area is 168 Å². The summed E-state index contributed by atoms with van der Waals surface area (Å²) in [5, 5.41) is 1.15. The van der Waals surface area contributed by atoms with Gasteiger partial charge in [-0.2, -0.15) is 0 Å². The Morgan fingerprint density at radius 3 is 1.72 bits per heavy atom. The summed E-state index contributed by atoms with van der Waals surface area (Å²) in [6.45, 7) is 8.77. The summed E-state index contributed by atoms with van der Waals surface area (Å²) in [6, 6.07) is 13.8. The van der Waals surface area contributed by atoms with Crippen LogP contribution in [0.25, 0.3) is 22.3 Å². The molecule has 0 nitrogen and oxygen atoms in total. The molecule has 0 aliphatic carbocycles. The highest BCUT2D eigenvalue weighted by Gasteiger charge is 2.29. The molecular weight excluding hydrogens is 399 g/mol. The third-order valence-corrected chi connectivity index (χ3v) is 10.5. The average Bonchev–Trinajstić information content (AvgIpc) is 2.71. The van der Waals surface area contributed by atoms with Gasteiger partial charge in [0.15, 0.2) is 23.3 Å². The molecule has 3 aromatic rings. The Balaban J connectivity index is 2.27. The molecule has 0 aliphatic rings. The molecule has 0 aromatic heterocycles. The molecule has 0 bridgehead atoms. The molecule has 29 heavy (non-hydrogen) atoms. The largest absolute Gasteiger partial charge is 0.203 e. The minimum absolute atomic E-state index is 0.0403. The van der Waals surface area contributed by atoms with E-state index in [0.717, 1.165) is 5.19 Å². The highest BCUT2D eigenvalue weighted by molar-refractivity contribution is 6.90. The van der Waals surface area contributed by atoms with E-state index in [1.54, 1.807) is 18.2 Å². The Bertz CT molecular complexity index is 1040. The van der Waals surface area contributed by atoms with Crippen molar-refractivity contribution >= 4 is 13.3 Å². The molecule has 0 saturated carbocycles. The van der Waals surface area contributed by atoms with Gasteiger partial charge in [-0.3, -0.25) is 0 Å². The van der Waals surface area contributed by atoms with Crippen LogP contribution in [-0.2, 0) is 0 Å². The predicted octanol–water partition coefficient (Wildman–Crippen LogP) is 7.04. The fraction of sp³-hybridized carbons (Fsp3) is 0.217. The van der Waals surface area contributed by atoms with Crippen LogP contribution in [0.1, 0.15) is 13.8 Å². The van der Waals surface area contributed by atoms with Crippen molar-refractivity contribution < 1.29 is 22.0 Å². The molecule has 0 amide bonds. The lowest BCUT2D eigenvalue weighted by Gasteiger charge is -2.28. The minimum Gasteiger partial charge on any atom is -0.203 e. The highest BCUT2D eigenvalue weighted by Crippen LogP contribution is 2.37. The van der Waals surface area contributed by atoms with Gasteiger partial charge in [-0.15, -0.1) is 0 Å². The normalized spacial score (nSPS) is 11.9. The molecule has 0 aliphatic heterocycles. The van der Waals surface area contributed by atoms with Crippen LogP contribution in [0.4, 0.5) is 22.0 Å². The first kappa shape index (κ1) is 21.2. The molecule has 0 radical (unpaired) electrons. The summed E-state index contributed by atoms with van der Waals surface area (Å²) in [5.74, 6) is -9.72. The molecule has 3 aromatic carbocycles. The maximum absolute atomic E-state index is 14.4. The van der Waals surface area contributed by atoms with Crippen molar-refractivity contribution in [3.8, 4) is 22.3 Å². The van der Waals surface area contributed by atoms with E-state index < -0.39 is 42.7 Å². The van der Waals surface area contributed by atoms with E-state index in [1.165, 1.54) is 12.1 Å². The van der Waals surface area contributed by atoms with Gasteiger partial charge in [0.2, 0.25) is 5.82 Å². The van der Waals surface area contributed by atoms with Crippen LogP contribution < -0.4 is 5.19 Å². The minimum atomic E-state index is -2.16. The number of rotatable bonds is 4. The molecule has 0 fully saturated rings. The summed E-state index contributed by atoms with van der Waals surface area (Å²) >= 11 is 0. The maximum Gasteiger partial charge on any atom is 0.200 e. The fourth-order valence-corrected chi connectivity index (χ4v) is 4.94. The van der Waals surface area contributed by atoms with Crippen LogP contribution in [0.3, 0.4) is 0 Å². The third kappa shape index (κ3) is 3.61. The van der Waals surface area contributed by atoms with Crippen molar-refractivity contribution in [1.82, 2.24) is 0 Å². The third-order valence-electron chi connectivity index (χ3n) is 5.77. The molecule has 3 rings (SSSR count). The van der Waals surface area contributed by atoms with E-state index in [-0.39, 0.29) is 5.56 Å². The zero-order valence-electron chi connectivity index (χ0n) is 16.6. The van der Waals surface area contributed by atoms with Crippen LogP contribution in [-0.4, -0.2) is 8.07 Å². The molecule has 0 N–H and O–H groups in total. The van der Waals surface area contributed by atoms with Crippen LogP contribution >= 0.6 is 0 Å². The molecular formula is C23H21F5Si. The van der Waals surface area contributed by atoms with Gasteiger partial charge in [-0.25, -0.2) is 22.0 Å². The lowest BCUT2D eigenvalue weighted by Crippen LogP contribution is -2.44. The first-order valence-electron chi connectivity index (χ1n) is 9.29. The monoisotopic (exact) mass is 420 g/mol. The van der Waals surface area contributed by atoms with E-state index in [1.807, 2.05) is 18.2 Å². The van der Waals surface area contributed by atoms with Gasteiger partial charge in [0.05, 0.1) is 13.6 Å². The molecule has 0 heterocycles. The number of hydrogen-bond acceptors (Lipinski definition) is 0. The van der Waals surface area contributed by atoms with Gasteiger partial charge in [-0.1, -0.05) is 80.7 Å². The van der Waals surface area contributed by atoms with Gasteiger partial charge in [0.25, 0.3) is 0 Å². The Morgan fingerprint density at radius 1 is 0.655 bits per heavy atom. The number of hydrogen-bond donors (Lipinski definition) is 0.